The predicted molar refractivity (Wildman–Crippen MR) is 81.7 cm³/mol. The van der Waals surface area contributed by atoms with Crippen molar-refractivity contribution in [3.63, 3.8) is 0 Å². The minimum atomic E-state index is 0.423. The van der Waals surface area contributed by atoms with Crippen LogP contribution in [0.15, 0.2) is 28.7 Å². The molecule has 1 saturated carbocycles. The van der Waals surface area contributed by atoms with Gasteiger partial charge in [0.1, 0.15) is 0 Å². The second-order valence-corrected chi connectivity index (χ2v) is 7.20. The van der Waals surface area contributed by atoms with Crippen LogP contribution in [0.25, 0.3) is 0 Å². The third-order valence-electron chi connectivity index (χ3n) is 4.20. The molecule has 0 aromatic heterocycles. The van der Waals surface area contributed by atoms with E-state index < -0.39 is 0 Å². The molecule has 1 nitrogen and oxygen atoms in total. The highest BCUT2D eigenvalue weighted by Gasteiger charge is 2.27. The number of nitrogens with one attached hydrogen (secondary N) is 1. The molecule has 1 aliphatic carbocycles. The van der Waals surface area contributed by atoms with E-state index >= 15 is 0 Å². The summed E-state index contributed by atoms with van der Waals surface area (Å²) in [5.41, 5.74) is 1.91. The van der Waals surface area contributed by atoms with E-state index in [1.165, 1.54) is 35.7 Å². The minimum absolute atomic E-state index is 0.423. The lowest BCUT2D eigenvalue weighted by molar-refractivity contribution is 0.200. The van der Waals surface area contributed by atoms with Gasteiger partial charge >= 0.3 is 0 Å². The van der Waals surface area contributed by atoms with Crippen molar-refractivity contribution in [2.24, 2.45) is 5.41 Å². The molecule has 0 aliphatic heterocycles. The first-order chi connectivity index (χ1) is 8.48. The highest BCUT2D eigenvalue weighted by atomic mass is 79.9. The molecule has 2 heteroatoms. The SMILES string of the molecule is C[C@@H](NC1CCC(C)(C)CC1)c1ccccc1Br. The Kier molecular flexibility index (Phi) is 4.50. The molecule has 100 valence electrons. The molecule has 1 aromatic carbocycles. The fourth-order valence-corrected chi connectivity index (χ4v) is 3.46. The van der Waals surface area contributed by atoms with Gasteiger partial charge in [0, 0.05) is 16.6 Å². The molecule has 0 heterocycles. The average molecular weight is 310 g/mol. The third kappa shape index (κ3) is 3.58. The Morgan fingerprint density at radius 2 is 1.83 bits per heavy atom. The molecule has 1 fully saturated rings. The van der Waals surface area contributed by atoms with Crippen LogP contribution in [-0.2, 0) is 0 Å². The van der Waals surface area contributed by atoms with Crippen LogP contribution < -0.4 is 5.32 Å². The summed E-state index contributed by atoms with van der Waals surface area (Å²) in [5.74, 6) is 0. The van der Waals surface area contributed by atoms with Crippen molar-refractivity contribution < 1.29 is 0 Å². The zero-order chi connectivity index (χ0) is 13.2. The van der Waals surface area contributed by atoms with Gasteiger partial charge in [-0.05, 0) is 49.7 Å². The molecule has 0 saturated heterocycles. The van der Waals surface area contributed by atoms with E-state index in [2.05, 4.69) is 66.3 Å². The summed E-state index contributed by atoms with van der Waals surface area (Å²) in [7, 11) is 0. The van der Waals surface area contributed by atoms with Crippen LogP contribution in [0.4, 0.5) is 0 Å². The van der Waals surface area contributed by atoms with E-state index in [1.807, 2.05) is 0 Å². The van der Waals surface area contributed by atoms with Crippen molar-refractivity contribution in [2.75, 3.05) is 0 Å². The second-order valence-electron chi connectivity index (χ2n) is 6.35. The number of hydrogen-bond donors (Lipinski definition) is 1. The van der Waals surface area contributed by atoms with Gasteiger partial charge in [-0.1, -0.05) is 48.0 Å². The Balaban J connectivity index is 1.93. The first kappa shape index (κ1) is 14.1. The summed E-state index contributed by atoms with van der Waals surface area (Å²) < 4.78 is 1.21. The van der Waals surface area contributed by atoms with Crippen LogP contribution in [0.2, 0.25) is 0 Å². The zero-order valence-corrected chi connectivity index (χ0v) is 13.3. The molecule has 18 heavy (non-hydrogen) atoms. The van der Waals surface area contributed by atoms with Crippen LogP contribution in [0, 0.1) is 5.41 Å². The van der Waals surface area contributed by atoms with Gasteiger partial charge in [0.2, 0.25) is 0 Å². The average Bonchev–Trinajstić information content (AvgIpc) is 2.32. The van der Waals surface area contributed by atoms with Crippen molar-refractivity contribution in [2.45, 2.75) is 58.5 Å². The molecule has 1 N–H and O–H groups in total. The lowest BCUT2D eigenvalue weighted by Gasteiger charge is -2.36. The van der Waals surface area contributed by atoms with Gasteiger partial charge in [0.05, 0.1) is 0 Å². The van der Waals surface area contributed by atoms with E-state index in [4.69, 9.17) is 0 Å². The Bertz CT molecular complexity index is 390. The molecule has 2 rings (SSSR count). The first-order valence-electron chi connectivity index (χ1n) is 6.98. The van der Waals surface area contributed by atoms with Gasteiger partial charge in [-0.2, -0.15) is 0 Å². The number of hydrogen-bond acceptors (Lipinski definition) is 1. The molecular weight excluding hydrogens is 286 g/mol. The number of rotatable bonds is 3. The van der Waals surface area contributed by atoms with Gasteiger partial charge in [0.15, 0.2) is 0 Å². The monoisotopic (exact) mass is 309 g/mol. The Labute approximate surface area is 119 Å². The quantitative estimate of drug-likeness (QED) is 0.822. The van der Waals surface area contributed by atoms with Crippen molar-refractivity contribution >= 4 is 15.9 Å². The second kappa shape index (κ2) is 5.75. The Morgan fingerprint density at radius 1 is 1.22 bits per heavy atom. The summed E-state index contributed by atoms with van der Waals surface area (Å²) in [6.45, 7) is 7.04. The molecule has 1 aliphatic rings. The molecule has 0 spiro atoms. The largest absolute Gasteiger partial charge is 0.307 e. The highest BCUT2D eigenvalue weighted by Crippen LogP contribution is 2.36. The molecular formula is C16H24BrN. The Hall–Kier alpha value is -0.340. The molecule has 1 atom stereocenters. The van der Waals surface area contributed by atoms with E-state index in [9.17, 15) is 0 Å². The van der Waals surface area contributed by atoms with E-state index in [0.29, 0.717) is 17.5 Å². The summed E-state index contributed by atoms with van der Waals surface area (Å²) in [6.07, 6.45) is 5.30. The summed E-state index contributed by atoms with van der Waals surface area (Å²) >= 11 is 3.64. The van der Waals surface area contributed by atoms with Crippen molar-refractivity contribution in [3.05, 3.63) is 34.3 Å². The maximum Gasteiger partial charge on any atom is 0.0305 e. The molecule has 0 unspecified atom stereocenters. The fraction of sp³-hybridized carbons (Fsp3) is 0.625. The van der Waals surface area contributed by atoms with Gasteiger partial charge in [-0.25, -0.2) is 0 Å². The summed E-state index contributed by atoms with van der Waals surface area (Å²) in [5, 5.41) is 3.78. The standard InChI is InChI=1S/C16H24BrN/c1-12(14-6-4-5-7-15(14)17)18-13-8-10-16(2,3)11-9-13/h4-7,12-13,18H,8-11H2,1-3H3/t12-/m1/s1. The van der Waals surface area contributed by atoms with Gasteiger partial charge in [0.25, 0.3) is 0 Å². The van der Waals surface area contributed by atoms with E-state index in [-0.39, 0.29) is 0 Å². The van der Waals surface area contributed by atoms with Crippen LogP contribution >= 0.6 is 15.9 Å². The number of halogens is 1. The van der Waals surface area contributed by atoms with Crippen LogP contribution in [0.5, 0.6) is 0 Å². The van der Waals surface area contributed by atoms with E-state index in [0.717, 1.165) is 0 Å². The Morgan fingerprint density at radius 3 is 2.44 bits per heavy atom. The first-order valence-corrected chi connectivity index (χ1v) is 7.78. The molecule has 0 bridgehead atoms. The van der Waals surface area contributed by atoms with Gasteiger partial charge < -0.3 is 5.32 Å². The molecule has 0 amide bonds. The predicted octanol–water partition coefficient (Wildman–Crippen LogP) is 5.07. The maximum atomic E-state index is 3.78. The van der Waals surface area contributed by atoms with Crippen molar-refractivity contribution in [1.29, 1.82) is 0 Å². The zero-order valence-electron chi connectivity index (χ0n) is 11.7. The highest BCUT2D eigenvalue weighted by molar-refractivity contribution is 9.10. The number of benzene rings is 1. The maximum absolute atomic E-state index is 3.78. The van der Waals surface area contributed by atoms with Crippen LogP contribution in [0.1, 0.15) is 58.1 Å². The lowest BCUT2D eigenvalue weighted by Crippen LogP contribution is -2.37. The third-order valence-corrected chi connectivity index (χ3v) is 4.92. The molecule has 1 aromatic rings. The lowest BCUT2D eigenvalue weighted by atomic mass is 9.75. The minimum Gasteiger partial charge on any atom is -0.307 e. The fourth-order valence-electron chi connectivity index (χ4n) is 2.84. The topological polar surface area (TPSA) is 12.0 Å². The van der Waals surface area contributed by atoms with Crippen LogP contribution in [-0.4, -0.2) is 6.04 Å². The van der Waals surface area contributed by atoms with Crippen LogP contribution in [0.3, 0.4) is 0 Å². The summed E-state index contributed by atoms with van der Waals surface area (Å²) in [4.78, 5) is 0. The smallest absolute Gasteiger partial charge is 0.0305 e. The normalized spacial score (nSPS) is 21.8. The van der Waals surface area contributed by atoms with Crippen molar-refractivity contribution in [1.82, 2.24) is 5.32 Å². The van der Waals surface area contributed by atoms with E-state index in [1.54, 1.807) is 0 Å². The summed E-state index contributed by atoms with van der Waals surface area (Å²) in [6, 6.07) is 9.62. The molecule has 0 radical (unpaired) electrons. The van der Waals surface area contributed by atoms with Crippen molar-refractivity contribution in [3.8, 4) is 0 Å². The van der Waals surface area contributed by atoms with Gasteiger partial charge in [-0.15, -0.1) is 0 Å². The van der Waals surface area contributed by atoms with Gasteiger partial charge in [-0.3, -0.25) is 0 Å².